The summed E-state index contributed by atoms with van der Waals surface area (Å²) in [5, 5.41) is 6.79. The molecule has 1 aromatic carbocycles. The fourth-order valence-corrected chi connectivity index (χ4v) is 3.02. The Bertz CT molecular complexity index is 934. The van der Waals surface area contributed by atoms with E-state index < -0.39 is 0 Å². The van der Waals surface area contributed by atoms with E-state index in [9.17, 15) is 0 Å². The largest absolute Gasteiger partial charge is 0.485 e. The molecular weight excluding hydrogens is 304 g/mol. The first-order valence-electron chi connectivity index (χ1n) is 7.81. The number of aromatic nitrogens is 3. The zero-order valence-corrected chi connectivity index (χ0v) is 12.8. The van der Waals surface area contributed by atoms with E-state index in [4.69, 9.17) is 14.5 Å². The summed E-state index contributed by atoms with van der Waals surface area (Å²) in [6, 6.07) is 9.74. The van der Waals surface area contributed by atoms with Crippen molar-refractivity contribution < 1.29 is 9.47 Å². The van der Waals surface area contributed by atoms with Gasteiger partial charge in [-0.1, -0.05) is 12.1 Å². The molecule has 6 nitrogen and oxygen atoms in total. The van der Waals surface area contributed by atoms with Gasteiger partial charge in [0.1, 0.15) is 6.61 Å². The molecule has 2 aromatic heterocycles. The summed E-state index contributed by atoms with van der Waals surface area (Å²) < 4.78 is 11.8. The van der Waals surface area contributed by atoms with E-state index in [-0.39, 0.29) is 6.10 Å². The van der Waals surface area contributed by atoms with Crippen LogP contribution >= 0.6 is 0 Å². The monoisotopic (exact) mass is 318 g/mol. The highest BCUT2D eigenvalue weighted by atomic mass is 16.6. The SMILES string of the molecule is c1ccc2c(c1)OCC(C1=Nc3cc(-c4cn[nH]c4)cnc3C1)O2. The number of ether oxygens (including phenoxy) is 2. The van der Waals surface area contributed by atoms with Gasteiger partial charge in [-0.05, 0) is 18.2 Å². The lowest BCUT2D eigenvalue weighted by Crippen LogP contribution is -2.36. The molecule has 0 radical (unpaired) electrons. The van der Waals surface area contributed by atoms with E-state index in [2.05, 4.69) is 15.2 Å². The number of hydrogen-bond donors (Lipinski definition) is 1. The Kier molecular flexibility index (Phi) is 2.88. The number of nitrogens with zero attached hydrogens (tertiary/aromatic N) is 3. The van der Waals surface area contributed by atoms with E-state index >= 15 is 0 Å². The Morgan fingerprint density at radius 3 is 2.88 bits per heavy atom. The van der Waals surface area contributed by atoms with Crippen molar-refractivity contribution in [1.29, 1.82) is 0 Å². The molecule has 24 heavy (non-hydrogen) atoms. The molecular formula is C18H14N4O2. The zero-order chi connectivity index (χ0) is 15.9. The van der Waals surface area contributed by atoms with Crippen LogP contribution in [0.5, 0.6) is 11.5 Å². The molecule has 0 bridgehead atoms. The highest BCUT2D eigenvalue weighted by Crippen LogP contribution is 2.35. The van der Waals surface area contributed by atoms with Gasteiger partial charge in [0.15, 0.2) is 17.6 Å². The smallest absolute Gasteiger partial charge is 0.171 e. The summed E-state index contributed by atoms with van der Waals surface area (Å²) in [6.07, 6.45) is 5.99. The zero-order valence-electron chi connectivity index (χ0n) is 12.8. The molecule has 118 valence electrons. The van der Waals surface area contributed by atoms with Crippen molar-refractivity contribution in [2.24, 2.45) is 4.99 Å². The third kappa shape index (κ3) is 2.15. The van der Waals surface area contributed by atoms with Crippen LogP contribution in [0.15, 0.2) is 53.9 Å². The minimum absolute atomic E-state index is 0.175. The predicted molar refractivity (Wildman–Crippen MR) is 89.0 cm³/mol. The molecule has 1 unspecified atom stereocenters. The van der Waals surface area contributed by atoms with E-state index in [1.807, 2.05) is 42.7 Å². The number of benzene rings is 1. The Morgan fingerprint density at radius 2 is 2.00 bits per heavy atom. The number of pyridine rings is 1. The molecule has 0 spiro atoms. The summed E-state index contributed by atoms with van der Waals surface area (Å²) in [4.78, 5) is 9.29. The van der Waals surface area contributed by atoms with Crippen molar-refractivity contribution in [3.63, 3.8) is 0 Å². The van der Waals surface area contributed by atoms with Crippen molar-refractivity contribution in [3.05, 3.63) is 54.6 Å². The lowest BCUT2D eigenvalue weighted by Gasteiger charge is -2.26. The second-order valence-corrected chi connectivity index (χ2v) is 5.82. The normalized spacial score (nSPS) is 18.2. The number of fused-ring (bicyclic) bond motifs is 2. The number of rotatable bonds is 2. The van der Waals surface area contributed by atoms with Crippen LogP contribution in [0.1, 0.15) is 5.69 Å². The first kappa shape index (κ1) is 13.3. The second-order valence-electron chi connectivity index (χ2n) is 5.82. The summed E-state index contributed by atoms with van der Waals surface area (Å²) in [5.74, 6) is 1.55. The molecule has 1 atom stereocenters. The Labute approximate surface area is 138 Å². The Balaban J connectivity index is 1.43. The van der Waals surface area contributed by atoms with Gasteiger partial charge >= 0.3 is 0 Å². The quantitative estimate of drug-likeness (QED) is 0.788. The van der Waals surface area contributed by atoms with Crippen molar-refractivity contribution in [2.45, 2.75) is 12.5 Å². The van der Waals surface area contributed by atoms with Crippen molar-refractivity contribution in [2.75, 3.05) is 6.61 Å². The first-order valence-corrected chi connectivity index (χ1v) is 7.81. The molecule has 6 heteroatoms. The van der Waals surface area contributed by atoms with Crippen LogP contribution in [0.3, 0.4) is 0 Å². The summed E-state index contributed by atoms with van der Waals surface area (Å²) in [7, 11) is 0. The van der Waals surface area contributed by atoms with Crippen LogP contribution in [0.4, 0.5) is 5.69 Å². The fourth-order valence-electron chi connectivity index (χ4n) is 3.02. The molecule has 1 N–H and O–H groups in total. The standard InChI is InChI=1S/C18H14N4O2/c1-2-4-17-16(3-1)23-10-18(24-17)15-6-13-14(22-15)5-11(7-19-13)12-8-20-21-9-12/h1-5,7-9,18H,6,10H2,(H,20,21). The Morgan fingerprint density at radius 1 is 1.08 bits per heavy atom. The highest BCUT2D eigenvalue weighted by molar-refractivity contribution is 5.97. The predicted octanol–water partition coefficient (Wildman–Crippen LogP) is 2.94. The molecule has 0 saturated carbocycles. The third-order valence-corrected chi connectivity index (χ3v) is 4.27. The van der Waals surface area contributed by atoms with Crippen molar-refractivity contribution >= 4 is 11.4 Å². The molecule has 3 aromatic rings. The number of H-pyrrole nitrogens is 1. The van der Waals surface area contributed by atoms with E-state index in [0.717, 1.165) is 39.7 Å². The number of para-hydroxylation sites is 2. The number of hydrogen-bond acceptors (Lipinski definition) is 5. The van der Waals surface area contributed by atoms with Gasteiger partial charge in [-0.25, -0.2) is 0 Å². The molecule has 4 heterocycles. The molecule has 2 aliphatic rings. The number of aromatic amines is 1. The minimum atomic E-state index is -0.175. The van der Waals surface area contributed by atoms with Gasteiger partial charge in [-0.3, -0.25) is 15.1 Å². The lowest BCUT2D eigenvalue weighted by atomic mass is 10.1. The van der Waals surface area contributed by atoms with E-state index in [1.54, 1.807) is 6.20 Å². The van der Waals surface area contributed by atoms with Crippen molar-refractivity contribution in [3.8, 4) is 22.6 Å². The van der Waals surface area contributed by atoms with Crippen LogP contribution < -0.4 is 9.47 Å². The van der Waals surface area contributed by atoms with Gasteiger partial charge in [0.2, 0.25) is 0 Å². The molecule has 0 fully saturated rings. The van der Waals surface area contributed by atoms with Crippen LogP contribution in [0.25, 0.3) is 11.1 Å². The maximum absolute atomic E-state index is 6.05. The first-order chi connectivity index (χ1) is 11.9. The molecule has 0 aliphatic carbocycles. The minimum Gasteiger partial charge on any atom is -0.485 e. The fraction of sp³-hybridized carbons (Fsp3) is 0.167. The van der Waals surface area contributed by atoms with Gasteiger partial charge in [0.25, 0.3) is 0 Å². The Hall–Kier alpha value is -3.15. The number of nitrogens with one attached hydrogen (secondary N) is 1. The van der Waals surface area contributed by atoms with E-state index in [1.165, 1.54) is 0 Å². The average Bonchev–Trinajstić information content (AvgIpc) is 3.30. The van der Waals surface area contributed by atoms with Gasteiger partial charge in [0.05, 0.1) is 23.3 Å². The van der Waals surface area contributed by atoms with Crippen LogP contribution in [-0.4, -0.2) is 33.6 Å². The van der Waals surface area contributed by atoms with Gasteiger partial charge in [0, 0.05) is 29.9 Å². The maximum Gasteiger partial charge on any atom is 0.171 e. The summed E-state index contributed by atoms with van der Waals surface area (Å²) in [5.41, 5.74) is 4.82. The third-order valence-electron chi connectivity index (χ3n) is 4.27. The molecule has 0 amide bonds. The van der Waals surface area contributed by atoms with Crippen LogP contribution in [-0.2, 0) is 6.42 Å². The second kappa shape index (κ2) is 5.19. The van der Waals surface area contributed by atoms with Gasteiger partial charge < -0.3 is 9.47 Å². The molecule has 0 saturated heterocycles. The van der Waals surface area contributed by atoms with Gasteiger partial charge in [-0.15, -0.1) is 0 Å². The molecule has 2 aliphatic heterocycles. The average molecular weight is 318 g/mol. The maximum atomic E-state index is 6.05. The van der Waals surface area contributed by atoms with Crippen LogP contribution in [0.2, 0.25) is 0 Å². The lowest BCUT2D eigenvalue weighted by molar-refractivity contribution is 0.134. The molecule has 5 rings (SSSR count). The van der Waals surface area contributed by atoms with Crippen LogP contribution in [0, 0.1) is 0 Å². The summed E-state index contributed by atoms with van der Waals surface area (Å²) >= 11 is 0. The van der Waals surface area contributed by atoms with Crippen molar-refractivity contribution in [1.82, 2.24) is 15.2 Å². The highest BCUT2D eigenvalue weighted by Gasteiger charge is 2.29. The van der Waals surface area contributed by atoms with E-state index in [0.29, 0.717) is 13.0 Å². The topological polar surface area (TPSA) is 72.4 Å². The summed E-state index contributed by atoms with van der Waals surface area (Å²) in [6.45, 7) is 0.471. The van der Waals surface area contributed by atoms with Gasteiger partial charge in [-0.2, -0.15) is 5.10 Å². The number of aliphatic imine (C=N–C) groups is 1.